The number of nitrogens with one attached hydrogen (secondary N) is 1. The predicted molar refractivity (Wildman–Crippen MR) is 160 cm³/mol. The molecule has 0 radical (unpaired) electrons. The number of hydrogen-bond donors (Lipinski definition) is 1. The molecule has 2 aliphatic heterocycles. The predicted octanol–water partition coefficient (Wildman–Crippen LogP) is 4.74. The highest BCUT2D eigenvalue weighted by Gasteiger charge is 2.27. The quantitative estimate of drug-likeness (QED) is 0.387. The SMILES string of the molecule is COc1cc2c(cc1OCCC1CC1)CCn1c-2cc(N(CCN2CCNC2=O)c2c(C)cc(C)cc2C)nc1=O. The Kier molecular flexibility index (Phi) is 7.36. The zero-order valence-corrected chi connectivity index (χ0v) is 24.5. The van der Waals surface area contributed by atoms with E-state index in [0.29, 0.717) is 50.9 Å². The van der Waals surface area contributed by atoms with E-state index in [1.54, 1.807) is 11.7 Å². The highest BCUT2D eigenvalue weighted by atomic mass is 16.5. The molecule has 2 fully saturated rings. The van der Waals surface area contributed by atoms with E-state index in [9.17, 15) is 9.59 Å². The third-order valence-corrected chi connectivity index (χ3v) is 8.47. The number of aromatic nitrogens is 2. The number of benzene rings is 2. The van der Waals surface area contributed by atoms with Crippen LogP contribution in [-0.4, -0.2) is 60.4 Å². The standard InChI is InChI=1S/C32H39N5O4/c1-20-15-21(2)30(22(3)16-20)37(13-12-35-11-9-33-31(35)38)29-19-26-25-18-27(40-4)28(41-14-8-23-5-6-23)17-24(25)7-10-36(26)32(39)34-29/h15-19,23H,5-14H2,1-4H3,(H,33,38). The van der Waals surface area contributed by atoms with Gasteiger partial charge in [-0.15, -0.1) is 0 Å². The molecule has 1 saturated heterocycles. The van der Waals surface area contributed by atoms with Crippen molar-refractivity contribution in [2.75, 3.05) is 44.8 Å². The Hall–Kier alpha value is -4.01. The molecule has 2 aromatic carbocycles. The van der Waals surface area contributed by atoms with E-state index in [0.717, 1.165) is 58.1 Å². The maximum atomic E-state index is 13.5. The number of anilines is 2. The lowest BCUT2D eigenvalue weighted by Crippen LogP contribution is -2.37. The molecule has 2 amide bonds. The van der Waals surface area contributed by atoms with Gasteiger partial charge in [0.05, 0.1) is 19.4 Å². The zero-order chi connectivity index (χ0) is 28.7. The first-order valence-electron chi connectivity index (χ1n) is 14.7. The summed E-state index contributed by atoms with van der Waals surface area (Å²) in [6, 6.07) is 10.3. The highest BCUT2D eigenvalue weighted by Crippen LogP contribution is 2.40. The van der Waals surface area contributed by atoms with E-state index in [1.807, 2.05) is 17.0 Å². The van der Waals surface area contributed by atoms with Crippen molar-refractivity contribution in [1.29, 1.82) is 0 Å². The molecule has 6 rings (SSSR count). The molecule has 216 valence electrons. The molecule has 9 nitrogen and oxygen atoms in total. The summed E-state index contributed by atoms with van der Waals surface area (Å²) in [5.41, 5.74) is 7.02. The van der Waals surface area contributed by atoms with Gasteiger partial charge in [0, 0.05) is 50.0 Å². The fraction of sp³-hybridized carbons (Fsp3) is 0.469. The van der Waals surface area contributed by atoms with Crippen LogP contribution >= 0.6 is 0 Å². The lowest BCUT2D eigenvalue weighted by molar-refractivity contribution is 0.218. The molecule has 41 heavy (non-hydrogen) atoms. The van der Waals surface area contributed by atoms with Gasteiger partial charge < -0.3 is 24.6 Å². The maximum Gasteiger partial charge on any atom is 0.350 e. The molecule has 0 unspecified atom stereocenters. The minimum Gasteiger partial charge on any atom is -0.493 e. The largest absolute Gasteiger partial charge is 0.493 e. The van der Waals surface area contributed by atoms with Crippen molar-refractivity contribution in [3.05, 3.63) is 63.1 Å². The number of amides is 2. The maximum absolute atomic E-state index is 13.5. The van der Waals surface area contributed by atoms with Crippen LogP contribution in [0.5, 0.6) is 11.5 Å². The van der Waals surface area contributed by atoms with Gasteiger partial charge >= 0.3 is 11.7 Å². The summed E-state index contributed by atoms with van der Waals surface area (Å²) in [5, 5.41) is 2.88. The normalized spacial score (nSPS) is 15.8. The smallest absolute Gasteiger partial charge is 0.350 e. The fourth-order valence-corrected chi connectivity index (χ4v) is 6.25. The van der Waals surface area contributed by atoms with Crippen molar-refractivity contribution in [2.45, 2.75) is 53.0 Å². The summed E-state index contributed by atoms with van der Waals surface area (Å²) in [6.07, 6.45) is 4.39. The van der Waals surface area contributed by atoms with Gasteiger partial charge in [-0.25, -0.2) is 9.59 Å². The Morgan fingerprint density at radius 3 is 2.49 bits per heavy atom. The van der Waals surface area contributed by atoms with Gasteiger partial charge in [-0.2, -0.15) is 4.98 Å². The molecule has 3 aromatic rings. The van der Waals surface area contributed by atoms with Crippen LogP contribution in [0.2, 0.25) is 0 Å². The second kappa shape index (κ2) is 11.1. The molecule has 1 aliphatic carbocycles. The van der Waals surface area contributed by atoms with Crippen LogP contribution in [0.4, 0.5) is 16.3 Å². The Morgan fingerprint density at radius 1 is 1.02 bits per heavy atom. The van der Waals surface area contributed by atoms with Crippen molar-refractivity contribution in [1.82, 2.24) is 19.8 Å². The van der Waals surface area contributed by atoms with Crippen molar-refractivity contribution in [3.63, 3.8) is 0 Å². The molecule has 0 bridgehead atoms. The van der Waals surface area contributed by atoms with Crippen LogP contribution in [-0.2, 0) is 13.0 Å². The van der Waals surface area contributed by atoms with Crippen LogP contribution in [0.3, 0.4) is 0 Å². The highest BCUT2D eigenvalue weighted by molar-refractivity contribution is 5.77. The third-order valence-electron chi connectivity index (χ3n) is 8.47. The summed E-state index contributed by atoms with van der Waals surface area (Å²) in [5.74, 6) is 2.80. The second-order valence-corrected chi connectivity index (χ2v) is 11.5. The van der Waals surface area contributed by atoms with E-state index in [2.05, 4.69) is 54.2 Å². The number of methoxy groups -OCH3 is 1. The molecule has 9 heteroatoms. The average molecular weight is 558 g/mol. The van der Waals surface area contributed by atoms with Crippen molar-refractivity contribution < 1.29 is 14.3 Å². The van der Waals surface area contributed by atoms with Crippen LogP contribution in [0.25, 0.3) is 11.3 Å². The summed E-state index contributed by atoms with van der Waals surface area (Å²) in [6.45, 7) is 9.83. The summed E-state index contributed by atoms with van der Waals surface area (Å²) in [7, 11) is 1.66. The van der Waals surface area contributed by atoms with E-state index in [-0.39, 0.29) is 11.7 Å². The minimum absolute atomic E-state index is 0.0584. The van der Waals surface area contributed by atoms with Gasteiger partial charge in [0.1, 0.15) is 5.82 Å². The van der Waals surface area contributed by atoms with Gasteiger partial charge in [-0.3, -0.25) is 4.57 Å². The molecule has 3 heterocycles. The monoisotopic (exact) mass is 557 g/mol. The van der Waals surface area contributed by atoms with E-state index in [4.69, 9.17) is 9.47 Å². The number of carbonyl (C=O) groups excluding carboxylic acids is 1. The molecule has 1 N–H and O–H groups in total. The number of ether oxygens (including phenoxy) is 2. The van der Waals surface area contributed by atoms with E-state index >= 15 is 0 Å². The van der Waals surface area contributed by atoms with Gasteiger partial charge in [0.25, 0.3) is 0 Å². The fourth-order valence-electron chi connectivity index (χ4n) is 6.25. The average Bonchev–Trinajstić information content (AvgIpc) is 3.68. The van der Waals surface area contributed by atoms with Gasteiger partial charge in [-0.1, -0.05) is 30.5 Å². The number of aryl methyl sites for hydroxylation is 4. The van der Waals surface area contributed by atoms with Gasteiger partial charge in [0.2, 0.25) is 0 Å². The number of rotatable bonds is 10. The molecule has 3 aliphatic rings. The minimum atomic E-state index is -0.279. The van der Waals surface area contributed by atoms with Crippen molar-refractivity contribution in [3.8, 4) is 22.8 Å². The van der Waals surface area contributed by atoms with Crippen LogP contribution < -0.4 is 25.4 Å². The Bertz CT molecular complexity index is 1520. The van der Waals surface area contributed by atoms with Crippen LogP contribution in [0, 0.1) is 26.7 Å². The number of carbonyl (C=O) groups is 1. The zero-order valence-electron chi connectivity index (χ0n) is 24.5. The van der Waals surface area contributed by atoms with Crippen LogP contribution in [0.15, 0.2) is 35.1 Å². The lowest BCUT2D eigenvalue weighted by Gasteiger charge is -2.31. The number of hydrogen-bond acceptors (Lipinski definition) is 6. The Labute approximate surface area is 241 Å². The molecule has 1 saturated carbocycles. The van der Waals surface area contributed by atoms with E-state index in [1.165, 1.54) is 18.4 Å². The first-order chi connectivity index (χ1) is 19.8. The van der Waals surface area contributed by atoms with Gasteiger partial charge in [-0.05, 0) is 68.4 Å². The second-order valence-electron chi connectivity index (χ2n) is 11.5. The summed E-state index contributed by atoms with van der Waals surface area (Å²) >= 11 is 0. The summed E-state index contributed by atoms with van der Waals surface area (Å²) < 4.78 is 13.6. The number of urea groups is 1. The topological polar surface area (TPSA) is 88.9 Å². The summed E-state index contributed by atoms with van der Waals surface area (Å²) in [4.78, 5) is 34.3. The number of nitrogens with zero attached hydrogens (tertiary/aromatic N) is 4. The third kappa shape index (κ3) is 5.49. The molecular weight excluding hydrogens is 518 g/mol. The molecule has 0 spiro atoms. The molecule has 1 aromatic heterocycles. The van der Waals surface area contributed by atoms with Gasteiger partial charge in [0.15, 0.2) is 11.5 Å². The first-order valence-corrected chi connectivity index (χ1v) is 14.7. The first kappa shape index (κ1) is 27.2. The molecular formula is C32H39N5O4. The molecule has 0 atom stereocenters. The number of fused-ring (bicyclic) bond motifs is 3. The van der Waals surface area contributed by atoms with Crippen molar-refractivity contribution >= 4 is 17.5 Å². The van der Waals surface area contributed by atoms with Crippen LogP contribution in [0.1, 0.15) is 41.5 Å². The Balaban J connectivity index is 1.40. The van der Waals surface area contributed by atoms with E-state index < -0.39 is 0 Å². The van der Waals surface area contributed by atoms with Crippen molar-refractivity contribution in [2.24, 2.45) is 5.92 Å². The lowest BCUT2D eigenvalue weighted by atomic mass is 9.96. The Morgan fingerprint density at radius 2 is 1.80 bits per heavy atom.